The third-order valence-corrected chi connectivity index (χ3v) is 4.95. The molecule has 0 spiro atoms. The number of hydrogen-bond acceptors (Lipinski definition) is 5. The predicted octanol–water partition coefficient (Wildman–Crippen LogP) is 3.52. The van der Waals surface area contributed by atoms with Crippen molar-refractivity contribution >= 4 is 17.3 Å². The molecule has 0 radical (unpaired) electrons. The van der Waals surface area contributed by atoms with E-state index in [-0.39, 0.29) is 0 Å². The van der Waals surface area contributed by atoms with E-state index in [1.807, 2.05) is 24.3 Å². The summed E-state index contributed by atoms with van der Waals surface area (Å²) in [5.41, 5.74) is 3.37. The number of ether oxygens (including phenoxy) is 3. The Bertz CT molecular complexity index is 822. The molecule has 0 aliphatic carbocycles. The lowest BCUT2D eigenvalue weighted by atomic mass is 10.1. The third kappa shape index (κ3) is 7.45. The van der Waals surface area contributed by atoms with Crippen molar-refractivity contribution in [3.8, 4) is 5.75 Å². The summed E-state index contributed by atoms with van der Waals surface area (Å²) in [5.74, 6) is 1.57. The summed E-state index contributed by atoms with van der Waals surface area (Å²) in [4.78, 5) is 7.20. The fourth-order valence-electron chi connectivity index (χ4n) is 3.42. The second-order valence-corrected chi connectivity index (χ2v) is 7.27. The third-order valence-electron chi connectivity index (χ3n) is 4.95. The number of para-hydroxylation sites is 1. The van der Waals surface area contributed by atoms with Gasteiger partial charge in [-0.05, 0) is 30.7 Å². The average Bonchev–Trinajstić information content (AvgIpc) is 2.81. The van der Waals surface area contributed by atoms with Gasteiger partial charge >= 0.3 is 0 Å². The zero-order valence-electron chi connectivity index (χ0n) is 18.6. The van der Waals surface area contributed by atoms with Crippen LogP contribution in [0.3, 0.4) is 0 Å². The van der Waals surface area contributed by atoms with E-state index in [1.165, 1.54) is 11.3 Å². The van der Waals surface area contributed by atoms with Gasteiger partial charge in [-0.15, -0.1) is 0 Å². The number of methoxy groups -OCH3 is 1. The van der Waals surface area contributed by atoms with E-state index in [9.17, 15) is 0 Å². The largest absolute Gasteiger partial charge is 0.493 e. The maximum atomic E-state index is 5.81. The molecule has 2 N–H and O–H groups in total. The van der Waals surface area contributed by atoms with Crippen LogP contribution in [0.25, 0.3) is 0 Å². The topological polar surface area (TPSA) is 67.4 Å². The average molecular weight is 427 g/mol. The molecule has 0 aromatic heterocycles. The van der Waals surface area contributed by atoms with E-state index >= 15 is 0 Å². The van der Waals surface area contributed by atoms with Gasteiger partial charge in [-0.3, -0.25) is 0 Å². The van der Waals surface area contributed by atoms with Gasteiger partial charge in [-0.25, -0.2) is 4.99 Å². The lowest BCUT2D eigenvalue weighted by Gasteiger charge is -2.30. The molecule has 1 fully saturated rings. The van der Waals surface area contributed by atoms with Crippen LogP contribution in [0.2, 0.25) is 0 Å². The first-order valence-electron chi connectivity index (χ1n) is 11.0. The molecule has 2 aromatic carbocycles. The number of aliphatic imine (C=N–C) groups is 1. The van der Waals surface area contributed by atoms with Crippen molar-refractivity contribution in [1.29, 1.82) is 0 Å². The van der Waals surface area contributed by atoms with Crippen molar-refractivity contribution in [2.24, 2.45) is 4.99 Å². The van der Waals surface area contributed by atoms with E-state index in [2.05, 4.69) is 46.7 Å². The number of nitrogens with zero attached hydrogens (tertiary/aromatic N) is 2. The summed E-state index contributed by atoms with van der Waals surface area (Å²) in [6, 6.07) is 16.4. The summed E-state index contributed by atoms with van der Waals surface area (Å²) in [5, 5.41) is 6.72. The highest BCUT2D eigenvalue weighted by molar-refractivity contribution is 5.93. The minimum Gasteiger partial charge on any atom is -0.493 e. The minimum atomic E-state index is 0.593. The first-order valence-corrected chi connectivity index (χ1v) is 11.0. The highest BCUT2D eigenvalue weighted by atomic mass is 16.5. The summed E-state index contributed by atoms with van der Waals surface area (Å²) < 4.78 is 16.4. The molecule has 31 heavy (non-hydrogen) atoms. The van der Waals surface area contributed by atoms with Crippen molar-refractivity contribution in [1.82, 2.24) is 5.32 Å². The van der Waals surface area contributed by atoms with Crippen LogP contribution < -0.4 is 20.3 Å². The predicted molar refractivity (Wildman–Crippen MR) is 126 cm³/mol. The molecule has 2 aromatic rings. The van der Waals surface area contributed by atoms with Gasteiger partial charge in [-0.1, -0.05) is 24.3 Å². The molecule has 7 heteroatoms. The van der Waals surface area contributed by atoms with Gasteiger partial charge in [0.1, 0.15) is 5.75 Å². The molecule has 1 saturated heterocycles. The molecule has 0 amide bonds. The number of anilines is 2. The summed E-state index contributed by atoms with van der Waals surface area (Å²) in [6.45, 7) is 8.13. The van der Waals surface area contributed by atoms with Crippen molar-refractivity contribution in [3.63, 3.8) is 0 Å². The second-order valence-electron chi connectivity index (χ2n) is 7.27. The molecular weight excluding hydrogens is 392 g/mol. The highest BCUT2D eigenvalue weighted by Crippen LogP contribution is 2.22. The maximum Gasteiger partial charge on any atom is 0.196 e. The van der Waals surface area contributed by atoms with Gasteiger partial charge in [0.2, 0.25) is 0 Å². The van der Waals surface area contributed by atoms with Crippen LogP contribution in [-0.4, -0.2) is 59.1 Å². The van der Waals surface area contributed by atoms with Crippen molar-refractivity contribution in [3.05, 3.63) is 54.1 Å². The van der Waals surface area contributed by atoms with Crippen LogP contribution in [0, 0.1) is 0 Å². The molecule has 1 aliphatic rings. The molecule has 0 atom stereocenters. The number of nitrogens with one attached hydrogen (secondary N) is 2. The SMILES string of the molecule is CCNC(=NCc1ccccc1N1CCOCC1)Nc1cccc(OCCCOC)c1. The van der Waals surface area contributed by atoms with Crippen molar-refractivity contribution in [2.45, 2.75) is 19.9 Å². The monoisotopic (exact) mass is 426 g/mol. The number of morpholine rings is 1. The Morgan fingerprint density at radius 1 is 1.10 bits per heavy atom. The zero-order valence-corrected chi connectivity index (χ0v) is 18.6. The fraction of sp³-hybridized carbons (Fsp3) is 0.458. The lowest BCUT2D eigenvalue weighted by molar-refractivity contribution is 0.122. The molecule has 168 valence electrons. The number of rotatable bonds is 10. The molecule has 0 saturated carbocycles. The Morgan fingerprint density at radius 2 is 1.94 bits per heavy atom. The second kappa shape index (κ2) is 12.8. The van der Waals surface area contributed by atoms with Crippen LogP contribution in [0.4, 0.5) is 11.4 Å². The van der Waals surface area contributed by atoms with Crippen molar-refractivity contribution < 1.29 is 14.2 Å². The number of benzene rings is 2. The first-order chi connectivity index (χ1) is 15.3. The van der Waals surface area contributed by atoms with E-state index in [4.69, 9.17) is 19.2 Å². The molecular formula is C24H34N4O3. The van der Waals surface area contributed by atoms with Crippen LogP contribution in [0.5, 0.6) is 5.75 Å². The Balaban J connectivity index is 1.66. The Kier molecular flexibility index (Phi) is 9.47. The maximum absolute atomic E-state index is 5.81. The van der Waals surface area contributed by atoms with Crippen LogP contribution in [0.1, 0.15) is 18.9 Å². The number of guanidine groups is 1. The quantitative estimate of drug-likeness (QED) is 0.344. The highest BCUT2D eigenvalue weighted by Gasteiger charge is 2.14. The van der Waals surface area contributed by atoms with Gasteiger partial charge < -0.3 is 29.7 Å². The van der Waals surface area contributed by atoms with Gasteiger partial charge in [0.25, 0.3) is 0 Å². The van der Waals surface area contributed by atoms with Crippen molar-refractivity contribution in [2.75, 3.05) is 63.4 Å². The van der Waals surface area contributed by atoms with E-state index in [0.29, 0.717) is 19.8 Å². The molecule has 3 rings (SSSR count). The summed E-state index contributed by atoms with van der Waals surface area (Å²) in [6.07, 6.45) is 0.862. The van der Waals surface area contributed by atoms with Gasteiger partial charge in [0.15, 0.2) is 5.96 Å². The van der Waals surface area contributed by atoms with Gasteiger partial charge in [-0.2, -0.15) is 0 Å². The number of hydrogen-bond donors (Lipinski definition) is 2. The summed E-state index contributed by atoms with van der Waals surface area (Å²) >= 11 is 0. The lowest BCUT2D eigenvalue weighted by Crippen LogP contribution is -2.36. The standard InChI is InChI=1S/C24H34N4O3/c1-3-25-24(27-21-9-6-10-22(18-21)31-15-7-14-29-2)26-19-20-8-4-5-11-23(20)28-12-16-30-17-13-28/h4-6,8-11,18H,3,7,12-17,19H2,1-2H3,(H2,25,26,27). The zero-order chi connectivity index (χ0) is 21.7. The Morgan fingerprint density at radius 3 is 2.74 bits per heavy atom. The molecule has 0 bridgehead atoms. The van der Waals surface area contributed by atoms with Crippen LogP contribution >= 0.6 is 0 Å². The Hall–Kier alpha value is -2.77. The minimum absolute atomic E-state index is 0.593. The summed E-state index contributed by atoms with van der Waals surface area (Å²) in [7, 11) is 1.70. The Labute approximate surface area is 185 Å². The normalized spacial score (nSPS) is 14.4. The molecule has 1 heterocycles. The molecule has 1 aliphatic heterocycles. The molecule has 7 nitrogen and oxygen atoms in total. The van der Waals surface area contributed by atoms with Gasteiger partial charge in [0, 0.05) is 57.2 Å². The first kappa shape index (κ1) is 22.9. The smallest absolute Gasteiger partial charge is 0.196 e. The van der Waals surface area contributed by atoms with E-state index in [1.54, 1.807) is 7.11 Å². The van der Waals surface area contributed by atoms with Crippen LogP contribution in [0.15, 0.2) is 53.5 Å². The van der Waals surface area contributed by atoms with E-state index in [0.717, 1.165) is 56.7 Å². The van der Waals surface area contributed by atoms with Crippen LogP contribution in [-0.2, 0) is 16.0 Å². The molecule has 0 unspecified atom stereocenters. The van der Waals surface area contributed by atoms with E-state index < -0.39 is 0 Å². The fourth-order valence-corrected chi connectivity index (χ4v) is 3.42. The van der Waals surface area contributed by atoms with Gasteiger partial charge in [0.05, 0.1) is 26.4 Å².